The standard InChI is InChI=1S/C53H33N3OS/c1-2-12-37(13-3-1)47-32-48(56-53(55-47)38-25-20-34(21-26-38)40-14-10-28-54-33-40)39-27-24-36-23-22-35-11-4-5-15-41(35)43-17-7-9-19-51(43)58-52-31-45-42-16-6-8-18-49(42)57-50(45)30-46(52)44(36)29-39/h1-33H/b23-22-. The van der Waals surface area contributed by atoms with Crippen LogP contribution < -0.4 is 0 Å². The molecule has 3 aromatic heterocycles. The summed E-state index contributed by atoms with van der Waals surface area (Å²) < 4.78 is 6.54. The molecule has 0 radical (unpaired) electrons. The van der Waals surface area contributed by atoms with Crippen molar-refractivity contribution in [1.29, 1.82) is 0 Å². The second kappa shape index (κ2) is 14.3. The average molecular weight is 760 g/mol. The van der Waals surface area contributed by atoms with Crippen LogP contribution >= 0.6 is 11.8 Å². The Morgan fingerprint density at radius 2 is 1.09 bits per heavy atom. The first kappa shape index (κ1) is 34.0. The van der Waals surface area contributed by atoms with Crippen LogP contribution in [0, 0.1) is 0 Å². The monoisotopic (exact) mass is 759 g/mol. The molecule has 0 fully saturated rings. The highest BCUT2D eigenvalue weighted by molar-refractivity contribution is 7.99. The predicted molar refractivity (Wildman–Crippen MR) is 239 cm³/mol. The molecule has 7 aromatic carbocycles. The van der Waals surface area contributed by atoms with E-state index in [4.69, 9.17) is 14.4 Å². The molecule has 4 heterocycles. The minimum Gasteiger partial charge on any atom is -0.456 e. The van der Waals surface area contributed by atoms with Crippen LogP contribution in [0.4, 0.5) is 0 Å². The van der Waals surface area contributed by atoms with Crippen LogP contribution in [0.15, 0.2) is 203 Å². The van der Waals surface area contributed by atoms with Crippen LogP contribution in [0.5, 0.6) is 0 Å². The third kappa shape index (κ3) is 6.19. The third-order valence-corrected chi connectivity index (χ3v) is 12.0. The molecular weight excluding hydrogens is 727 g/mol. The van der Waals surface area contributed by atoms with E-state index in [2.05, 4.69) is 169 Å². The van der Waals surface area contributed by atoms with Crippen molar-refractivity contribution in [2.75, 3.05) is 0 Å². The summed E-state index contributed by atoms with van der Waals surface area (Å²) >= 11 is 1.80. The largest absolute Gasteiger partial charge is 0.456 e. The molecule has 0 aliphatic carbocycles. The van der Waals surface area contributed by atoms with E-state index in [9.17, 15) is 0 Å². The molecule has 58 heavy (non-hydrogen) atoms. The number of furan rings is 1. The smallest absolute Gasteiger partial charge is 0.160 e. The maximum Gasteiger partial charge on any atom is 0.160 e. The highest BCUT2D eigenvalue weighted by atomic mass is 32.2. The number of hydrogen-bond acceptors (Lipinski definition) is 5. The lowest BCUT2D eigenvalue weighted by molar-refractivity contribution is 0.669. The fraction of sp³-hybridized carbons (Fsp3) is 0. The Bertz CT molecular complexity index is 3190. The molecule has 11 rings (SSSR count). The first-order valence-corrected chi connectivity index (χ1v) is 20.1. The molecule has 1 aliphatic heterocycles. The van der Waals surface area contributed by atoms with Gasteiger partial charge in [-0.15, -0.1) is 0 Å². The van der Waals surface area contributed by atoms with Crippen LogP contribution in [0.25, 0.3) is 101 Å². The lowest BCUT2D eigenvalue weighted by Crippen LogP contribution is -1.97. The highest BCUT2D eigenvalue weighted by Gasteiger charge is 2.20. The first-order valence-electron chi connectivity index (χ1n) is 19.3. The second-order valence-electron chi connectivity index (χ2n) is 14.4. The number of fused-ring (bicyclic) bond motifs is 9. The second-order valence-corrected chi connectivity index (χ2v) is 15.5. The van der Waals surface area contributed by atoms with Gasteiger partial charge in [0, 0.05) is 49.6 Å². The minimum absolute atomic E-state index is 0.665. The molecule has 0 atom stereocenters. The molecule has 0 spiro atoms. The molecule has 5 heteroatoms. The van der Waals surface area contributed by atoms with Crippen molar-refractivity contribution >= 4 is 45.9 Å². The Kier molecular flexibility index (Phi) is 8.37. The van der Waals surface area contributed by atoms with Crippen molar-refractivity contribution in [3.05, 3.63) is 199 Å². The number of nitrogens with zero attached hydrogens (tertiary/aromatic N) is 3. The van der Waals surface area contributed by atoms with Gasteiger partial charge in [-0.1, -0.05) is 157 Å². The number of benzene rings is 7. The van der Waals surface area contributed by atoms with Crippen LogP contribution in [0.2, 0.25) is 0 Å². The van der Waals surface area contributed by atoms with E-state index >= 15 is 0 Å². The molecule has 1 aliphatic rings. The SMILES string of the molecule is C1=C\c2ccc(-c3cc(-c4ccccc4)nc(-c4ccc(-c5cccnc5)cc4)n3)cc2-c2cc3oc4ccccc4c3cc2Sc2ccccc2-c2ccccc2/1. The summed E-state index contributed by atoms with van der Waals surface area (Å²) in [5.74, 6) is 0.665. The molecule has 0 saturated carbocycles. The summed E-state index contributed by atoms with van der Waals surface area (Å²) in [6, 6.07) is 61.8. The summed E-state index contributed by atoms with van der Waals surface area (Å²) in [5, 5.41) is 2.21. The van der Waals surface area contributed by atoms with Gasteiger partial charge in [0.1, 0.15) is 11.2 Å². The Labute approximate surface area is 340 Å². The summed E-state index contributed by atoms with van der Waals surface area (Å²) in [6.45, 7) is 0. The molecule has 0 N–H and O–H groups in total. The zero-order valence-corrected chi connectivity index (χ0v) is 32.0. The van der Waals surface area contributed by atoms with E-state index < -0.39 is 0 Å². The molecule has 0 amide bonds. The van der Waals surface area contributed by atoms with Gasteiger partial charge in [-0.2, -0.15) is 0 Å². The number of pyridine rings is 1. The minimum atomic E-state index is 0.665. The normalized spacial score (nSPS) is 12.6. The summed E-state index contributed by atoms with van der Waals surface area (Å²) in [4.78, 5) is 17.1. The Morgan fingerprint density at radius 3 is 1.93 bits per heavy atom. The van der Waals surface area contributed by atoms with E-state index in [1.54, 1.807) is 18.0 Å². The maximum absolute atomic E-state index is 6.54. The fourth-order valence-corrected chi connectivity index (χ4v) is 9.06. The van der Waals surface area contributed by atoms with Gasteiger partial charge in [-0.3, -0.25) is 4.98 Å². The number of rotatable bonds is 4. The number of aromatic nitrogens is 3. The molecule has 0 bridgehead atoms. The van der Waals surface area contributed by atoms with Gasteiger partial charge in [-0.25, -0.2) is 9.97 Å². The summed E-state index contributed by atoms with van der Waals surface area (Å²) in [6.07, 6.45) is 8.16. The van der Waals surface area contributed by atoms with E-state index in [-0.39, 0.29) is 0 Å². The lowest BCUT2D eigenvalue weighted by atomic mass is 9.93. The fourth-order valence-electron chi connectivity index (χ4n) is 7.93. The quantitative estimate of drug-likeness (QED) is 0.179. The van der Waals surface area contributed by atoms with E-state index in [0.717, 1.165) is 82.7 Å². The van der Waals surface area contributed by atoms with Gasteiger partial charge in [0.25, 0.3) is 0 Å². The van der Waals surface area contributed by atoms with Gasteiger partial charge in [-0.05, 0) is 87.0 Å². The van der Waals surface area contributed by atoms with Crippen molar-refractivity contribution in [3.8, 4) is 67.3 Å². The Balaban J connectivity index is 1.13. The maximum atomic E-state index is 6.54. The molecule has 10 aromatic rings. The molecular formula is C53H33N3OS. The Hall–Kier alpha value is -7.34. The van der Waals surface area contributed by atoms with Crippen molar-refractivity contribution in [1.82, 2.24) is 15.0 Å². The zero-order chi connectivity index (χ0) is 38.4. The van der Waals surface area contributed by atoms with Crippen molar-refractivity contribution in [2.24, 2.45) is 0 Å². The van der Waals surface area contributed by atoms with Crippen LogP contribution in [-0.4, -0.2) is 15.0 Å². The van der Waals surface area contributed by atoms with Crippen LogP contribution in [0.1, 0.15) is 11.1 Å². The van der Waals surface area contributed by atoms with Gasteiger partial charge in [0.05, 0.1) is 11.4 Å². The Morgan fingerprint density at radius 1 is 0.397 bits per heavy atom. The topological polar surface area (TPSA) is 51.8 Å². The molecule has 272 valence electrons. The molecule has 4 nitrogen and oxygen atoms in total. The van der Waals surface area contributed by atoms with E-state index in [0.29, 0.717) is 5.82 Å². The summed E-state index contributed by atoms with van der Waals surface area (Å²) in [5.41, 5.74) is 15.4. The van der Waals surface area contributed by atoms with Crippen molar-refractivity contribution in [3.63, 3.8) is 0 Å². The van der Waals surface area contributed by atoms with E-state index in [1.807, 2.05) is 30.5 Å². The first-order chi connectivity index (χ1) is 28.7. The molecule has 0 saturated heterocycles. The average Bonchev–Trinajstić information content (AvgIpc) is 3.65. The van der Waals surface area contributed by atoms with Gasteiger partial charge in [0.15, 0.2) is 5.82 Å². The summed E-state index contributed by atoms with van der Waals surface area (Å²) in [7, 11) is 0. The van der Waals surface area contributed by atoms with Crippen molar-refractivity contribution in [2.45, 2.75) is 9.79 Å². The van der Waals surface area contributed by atoms with Gasteiger partial charge in [0.2, 0.25) is 0 Å². The van der Waals surface area contributed by atoms with Crippen LogP contribution in [-0.2, 0) is 0 Å². The molecule has 0 unspecified atom stereocenters. The third-order valence-electron chi connectivity index (χ3n) is 10.9. The zero-order valence-electron chi connectivity index (χ0n) is 31.2. The van der Waals surface area contributed by atoms with E-state index in [1.165, 1.54) is 21.6 Å². The highest BCUT2D eigenvalue weighted by Crippen LogP contribution is 2.47. The number of para-hydroxylation sites is 1. The van der Waals surface area contributed by atoms with Crippen LogP contribution in [0.3, 0.4) is 0 Å². The number of hydrogen-bond donors (Lipinski definition) is 0. The van der Waals surface area contributed by atoms with Gasteiger partial charge < -0.3 is 4.42 Å². The van der Waals surface area contributed by atoms with Gasteiger partial charge >= 0.3 is 0 Å². The lowest BCUT2D eigenvalue weighted by Gasteiger charge is -2.16. The van der Waals surface area contributed by atoms with Crippen molar-refractivity contribution < 1.29 is 4.42 Å². The predicted octanol–water partition coefficient (Wildman–Crippen LogP) is 14.4.